The molecule has 116 valence electrons. The third kappa shape index (κ3) is 3.44. The molecule has 0 bridgehead atoms. The molecule has 1 aliphatic heterocycles. The lowest BCUT2D eigenvalue weighted by Crippen LogP contribution is -2.45. The van der Waals surface area contributed by atoms with Gasteiger partial charge in [-0.05, 0) is 27.7 Å². The van der Waals surface area contributed by atoms with E-state index in [1.165, 1.54) is 0 Å². The smallest absolute Gasteiger partial charge is 0.416 e. The Morgan fingerprint density at radius 2 is 2.14 bits per heavy atom. The fourth-order valence-electron chi connectivity index (χ4n) is 2.17. The van der Waals surface area contributed by atoms with Gasteiger partial charge in [-0.2, -0.15) is 9.37 Å². The van der Waals surface area contributed by atoms with Crippen molar-refractivity contribution in [2.24, 2.45) is 0 Å². The molecule has 6 nitrogen and oxygen atoms in total. The van der Waals surface area contributed by atoms with Gasteiger partial charge in [0.05, 0.1) is 17.9 Å². The number of hydrogen-bond donors (Lipinski definition) is 0. The van der Waals surface area contributed by atoms with E-state index in [2.05, 4.69) is 9.97 Å². The number of aromatic nitrogens is 2. The standard InChI is InChI=1S/C13H17F2N3O3/c1-7(21-13(2,3)4)9-6-20-12(19)18(9)10-8(14)5-16-11(15)17-10/h5,7,9H,6H2,1-4H3/t7-,9+/m0/s1. The molecule has 21 heavy (non-hydrogen) atoms. The van der Waals surface area contributed by atoms with Crippen LogP contribution in [0.25, 0.3) is 0 Å². The van der Waals surface area contributed by atoms with Gasteiger partial charge in [-0.3, -0.25) is 0 Å². The van der Waals surface area contributed by atoms with Gasteiger partial charge in [0.25, 0.3) is 0 Å². The second-order valence-electron chi connectivity index (χ2n) is 5.76. The van der Waals surface area contributed by atoms with Crippen LogP contribution in [0.15, 0.2) is 6.20 Å². The zero-order chi connectivity index (χ0) is 15.8. The minimum absolute atomic E-state index is 0.0150. The van der Waals surface area contributed by atoms with E-state index in [0.717, 1.165) is 4.90 Å². The molecule has 1 aliphatic rings. The molecule has 0 unspecified atom stereocenters. The Labute approximate surface area is 121 Å². The molecule has 1 amide bonds. The molecule has 0 spiro atoms. The lowest BCUT2D eigenvalue weighted by Gasteiger charge is -2.31. The van der Waals surface area contributed by atoms with Crippen LogP contribution in [-0.4, -0.2) is 40.4 Å². The van der Waals surface area contributed by atoms with Gasteiger partial charge in [-0.15, -0.1) is 0 Å². The Kier molecular flexibility index (Phi) is 4.08. The number of nitrogens with zero attached hydrogens (tertiary/aromatic N) is 3. The monoisotopic (exact) mass is 301 g/mol. The fraction of sp³-hybridized carbons (Fsp3) is 0.615. The van der Waals surface area contributed by atoms with E-state index in [0.29, 0.717) is 6.20 Å². The number of carbonyl (C=O) groups excluding carboxylic acids is 1. The molecule has 8 heteroatoms. The Hall–Kier alpha value is -1.83. The number of anilines is 1. The zero-order valence-electron chi connectivity index (χ0n) is 12.3. The van der Waals surface area contributed by atoms with E-state index in [-0.39, 0.29) is 6.61 Å². The molecule has 1 saturated heterocycles. The van der Waals surface area contributed by atoms with Gasteiger partial charge in [-0.1, -0.05) is 0 Å². The number of amides is 1. The highest BCUT2D eigenvalue weighted by Gasteiger charge is 2.41. The summed E-state index contributed by atoms with van der Waals surface area (Å²) in [6.45, 7) is 7.32. The Morgan fingerprint density at radius 1 is 1.48 bits per heavy atom. The number of ether oxygens (including phenoxy) is 2. The SMILES string of the molecule is C[C@H](OC(C)(C)C)[C@H]1COC(=O)N1c1nc(F)ncc1F. The predicted molar refractivity (Wildman–Crippen MR) is 69.9 cm³/mol. The minimum atomic E-state index is -1.12. The molecule has 1 fully saturated rings. The molecule has 1 aromatic heterocycles. The number of carbonyl (C=O) groups is 1. The van der Waals surface area contributed by atoms with Crippen LogP contribution in [0.4, 0.5) is 19.4 Å². The van der Waals surface area contributed by atoms with Crippen molar-refractivity contribution in [3.63, 3.8) is 0 Å². The first-order chi connectivity index (χ1) is 9.69. The van der Waals surface area contributed by atoms with Gasteiger partial charge in [0.2, 0.25) is 0 Å². The van der Waals surface area contributed by atoms with Crippen molar-refractivity contribution < 1.29 is 23.0 Å². The Bertz CT molecular complexity index is 548. The first-order valence-electron chi connectivity index (χ1n) is 6.51. The molecule has 1 aromatic rings. The lowest BCUT2D eigenvalue weighted by molar-refractivity contribution is -0.0619. The summed E-state index contributed by atoms with van der Waals surface area (Å²) in [5.41, 5.74) is -0.452. The van der Waals surface area contributed by atoms with Crippen LogP contribution in [0.5, 0.6) is 0 Å². The summed E-state index contributed by atoms with van der Waals surface area (Å²) < 4.78 is 37.6. The number of rotatable bonds is 3. The Morgan fingerprint density at radius 3 is 2.76 bits per heavy atom. The van der Waals surface area contributed by atoms with Crippen LogP contribution in [0.2, 0.25) is 0 Å². The maximum atomic E-state index is 13.8. The third-order valence-corrected chi connectivity index (χ3v) is 2.91. The summed E-state index contributed by atoms with van der Waals surface area (Å²) in [6, 6.07) is -0.597. The van der Waals surface area contributed by atoms with Gasteiger partial charge in [0.15, 0.2) is 11.6 Å². The van der Waals surface area contributed by atoms with Crippen molar-refractivity contribution in [2.45, 2.75) is 45.4 Å². The molecule has 2 heterocycles. The second kappa shape index (κ2) is 5.51. The summed E-state index contributed by atoms with van der Waals surface area (Å²) in [5, 5.41) is 0. The van der Waals surface area contributed by atoms with Crippen LogP contribution < -0.4 is 4.90 Å². The predicted octanol–water partition coefficient (Wildman–Crippen LogP) is 2.28. The molecule has 0 saturated carbocycles. The van der Waals surface area contributed by atoms with Gasteiger partial charge >= 0.3 is 12.2 Å². The van der Waals surface area contributed by atoms with Crippen LogP contribution in [0.3, 0.4) is 0 Å². The molecule has 0 aromatic carbocycles. The minimum Gasteiger partial charge on any atom is -0.447 e. The highest BCUT2D eigenvalue weighted by molar-refractivity contribution is 5.89. The van der Waals surface area contributed by atoms with E-state index in [1.54, 1.807) is 6.92 Å². The van der Waals surface area contributed by atoms with Crippen molar-refractivity contribution in [2.75, 3.05) is 11.5 Å². The average molecular weight is 301 g/mol. The molecule has 0 radical (unpaired) electrons. The topological polar surface area (TPSA) is 64.6 Å². The highest BCUT2D eigenvalue weighted by Crippen LogP contribution is 2.27. The van der Waals surface area contributed by atoms with Crippen molar-refractivity contribution in [1.82, 2.24) is 9.97 Å². The largest absolute Gasteiger partial charge is 0.447 e. The maximum Gasteiger partial charge on any atom is 0.416 e. The van der Waals surface area contributed by atoms with Crippen molar-refractivity contribution in [1.29, 1.82) is 0 Å². The maximum absolute atomic E-state index is 13.8. The molecule has 2 atom stereocenters. The van der Waals surface area contributed by atoms with Gasteiger partial charge in [0.1, 0.15) is 12.6 Å². The normalized spacial score (nSPS) is 20.6. The third-order valence-electron chi connectivity index (χ3n) is 2.91. The first kappa shape index (κ1) is 15.6. The average Bonchev–Trinajstić information content (AvgIpc) is 2.72. The molecular formula is C13H17F2N3O3. The van der Waals surface area contributed by atoms with E-state index in [9.17, 15) is 13.6 Å². The van der Waals surface area contributed by atoms with Crippen molar-refractivity contribution in [3.8, 4) is 0 Å². The summed E-state index contributed by atoms with van der Waals surface area (Å²) in [4.78, 5) is 19.2. The van der Waals surface area contributed by atoms with E-state index >= 15 is 0 Å². The zero-order valence-corrected chi connectivity index (χ0v) is 12.3. The first-order valence-corrected chi connectivity index (χ1v) is 6.51. The van der Waals surface area contributed by atoms with Gasteiger partial charge in [-0.25, -0.2) is 19.1 Å². The highest BCUT2D eigenvalue weighted by atomic mass is 19.1. The molecular weight excluding hydrogens is 284 g/mol. The molecule has 2 rings (SSSR count). The van der Waals surface area contributed by atoms with E-state index in [4.69, 9.17) is 9.47 Å². The number of halogens is 2. The van der Waals surface area contributed by atoms with Crippen LogP contribution in [-0.2, 0) is 9.47 Å². The summed E-state index contributed by atoms with van der Waals surface area (Å²) in [6.07, 6.45) is -1.68. The van der Waals surface area contributed by atoms with E-state index in [1.807, 2.05) is 20.8 Å². The lowest BCUT2D eigenvalue weighted by atomic mass is 10.1. The second-order valence-corrected chi connectivity index (χ2v) is 5.76. The quantitative estimate of drug-likeness (QED) is 0.801. The number of hydrogen-bond acceptors (Lipinski definition) is 5. The fourth-order valence-corrected chi connectivity index (χ4v) is 2.17. The summed E-state index contributed by atoms with van der Waals surface area (Å²) in [7, 11) is 0. The van der Waals surface area contributed by atoms with E-state index < -0.39 is 41.6 Å². The molecule has 0 aliphatic carbocycles. The van der Waals surface area contributed by atoms with Crippen LogP contribution >= 0.6 is 0 Å². The Balaban J connectivity index is 2.31. The molecule has 0 N–H and O–H groups in total. The van der Waals surface area contributed by atoms with Crippen LogP contribution in [0, 0.1) is 11.9 Å². The summed E-state index contributed by atoms with van der Waals surface area (Å²) >= 11 is 0. The summed E-state index contributed by atoms with van der Waals surface area (Å²) in [5.74, 6) is -1.34. The van der Waals surface area contributed by atoms with Crippen molar-refractivity contribution >= 4 is 11.9 Å². The van der Waals surface area contributed by atoms with Gasteiger partial charge in [0, 0.05) is 0 Å². The van der Waals surface area contributed by atoms with Gasteiger partial charge < -0.3 is 9.47 Å². The number of cyclic esters (lactones) is 1. The van der Waals surface area contributed by atoms with Crippen molar-refractivity contribution in [3.05, 3.63) is 18.1 Å². The van der Waals surface area contributed by atoms with Crippen LogP contribution in [0.1, 0.15) is 27.7 Å².